The lowest BCUT2D eigenvalue weighted by molar-refractivity contribution is 0.796. The summed E-state index contributed by atoms with van der Waals surface area (Å²) in [6.45, 7) is 3.80. The topological polar surface area (TPSA) is 52.7 Å². The molecule has 0 aliphatic rings. The molecule has 0 aliphatic heterocycles. The Morgan fingerprint density at radius 3 is 2.28 bits per heavy atom. The molecule has 2 heterocycles. The lowest BCUT2D eigenvalue weighted by atomic mass is 10.2. The van der Waals surface area contributed by atoms with Crippen LogP contribution in [0.1, 0.15) is 11.4 Å². The Balaban J connectivity index is 2.04. The fourth-order valence-corrected chi connectivity index (χ4v) is 3.25. The summed E-state index contributed by atoms with van der Waals surface area (Å²) in [7, 11) is 0. The highest BCUT2D eigenvalue weighted by Crippen LogP contribution is 2.25. The van der Waals surface area contributed by atoms with Crippen molar-refractivity contribution in [3.8, 4) is 11.4 Å². The molecule has 0 bridgehead atoms. The van der Waals surface area contributed by atoms with E-state index in [-0.39, 0.29) is 5.56 Å². The van der Waals surface area contributed by atoms with Crippen LogP contribution in [0.15, 0.2) is 59.4 Å². The second-order valence-electron chi connectivity index (χ2n) is 5.81. The normalized spacial score (nSPS) is 11.2. The van der Waals surface area contributed by atoms with E-state index in [0.29, 0.717) is 16.2 Å². The second kappa shape index (κ2) is 5.86. The van der Waals surface area contributed by atoms with Gasteiger partial charge in [0.25, 0.3) is 5.56 Å². The maximum Gasteiger partial charge on any atom is 0.299 e. The summed E-state index contributed by atoms with van der Waals surface area (Å²) in [4.78, 5) is 13.0. The Labute approximate surface area is 149 Å². The smallest absolute Gasteiger partial charge is 0.265 e. The molecule has 124 valence electrons. The van der Waals surface area contributed by atoms with Crippen molar-refractivity contribution in [2.45, 2.75) is 13.8 Å². The van der Waals surface area contributed by atoms with Crippen LogP contribution >= 0.6 is 11.6 Å². The van der Waals surface area contributed by atoms with Gasteiger partial charge in [-0.25, -0.2) is 4.68 Å². The first-order valence-electron chi connectivity index (χ1n) is 7.87. The molecule has 5 nitrogen and oxygen atoms in total. The minimum atomic E-state index is -0.249. The molecule has 0 saturated heterocycles. The van der Waals surface area contributed by atoms with Gasteiger partial charge in [0.15, 0.2) is 5.52 Å². The van der Waals surface area contributed by atoms with Crippen LogP contribution in [0.5, 0.6) is 0 Å². The predicted molar refractivity (Wildman–Crippen MR) is 98.9 cm³/mol. The SMILES string of the molecule is Cc1nn(-c2ccccc2)c(=O)c2nn(-c3ccccc3Cl)c(C)c12. The third kappa shape index (κ3) is 2.44. The maximum absolute atomic E-state index is 13.0. The fourth-order valence-electron chi connectivity index (χ4n) is 3.03. The van der Waals surface area contributed by atoms with E-state index in [1.165, 1.54) is 4.68 Å². The monoisotopic (exact) mass is 350 g/mol. The molecule has 25 heavy (non-hydrogen) atoms. The van der Waals surface area contributed by atoms with Crippen molar-refractivity contribution in [3.05, 3.63) is 81.4 Å². The lowest BCUT2D eigenvalue weighted by Gasteiger charge is -2.06. The number of rotatable bonds is 2. The van der Waals surface area contributed by atoms with E-state index in [2.05, 4.69) is 10.2 Å². The van der Waals surface area contributed by atoms with Crippen LogP contribution in [0, 0.1) is 13.8 Å². The summed E-state index contributed by atoms with van der Waals surface area (Å²) in [6.07, 6.45) is 0. The van der Waals surface area contributed by atoms with Crippen LogP contribution in [0.3, 0.4) is 0 Å². The molecule has 0 fully saturated rings. The van der Waals surface area contributed by atoms with E-state index < -0.39 is 0 Å². The van der Waals surface area contributed by atoms with Gasteiger partial charge in [0.2, 0.25) is 0 Å². The van der Waals surface area contributed by atoms with Crippen molar-refractivity contribution in [2.24, 2.45) is 0 Å². The molecular formula is C19H15ClN4O. The minimum Gasteiger partial charge on any atom is -0.265 e. The fraction of sp³-hybridized carbons (Fsp3) is 0.105. The number of para-hydroxylation sites is 2. The van der Waals surface area contributed by atoms with Crippen LogP contribution < -0.4 is 5.56 Å². The highest BCUT2D eigenvalue weighted by Gasteiger charge is 2.18. The molecule has 4 rings (SSSR count). The minimum absolute atomic E-state index is 0.249. The summed E-state index contributed by atoms with van der Waals surface area (Å²) in [5.41, 5.74) is 3.17. The summed E-state index contributed by atoms with van der Waals surface area (Å²) < 4.78 is 3.10. The largest absolute Gasteiger partial charge is 0.299 e. The van der Waals surface area contributed by atoms with E-state index in [9.17, 15) is 4.79 Å². The summed E-state index contributed by atoms with van der Waals surface area (Å²) >= 11 is 6.31. The summed E-state index contributed by atoms with van der Waals surface area (Å²) in [5.74, 6) is 0. The van der Waals surface area contributed by atoms with Crippen molar-refractivity contribution in [2.75, 3.05) is 0 Å². The average molecular weight is 351 g/mol. The molecule has 0 spiro atoms. The van der Waals surface area contributed by atoms with Crippen LogP contribution in [0.25, 0.3) is 22.3 Å². The Hall–Kier alpha value is -2.92. The Morgan fingerprint density at radius 2 is 1.56 bits per heavy atom. The molecule has 0 saturated carbocycles. The summed E-state index contributed by atoms with van der Waals surface area (Å²) in [5, 5.41) is 10.4. The highest BCUT2D eigenvalue weighted by atomic mass is 35.5. The van der Waals surface area contributed by atoms with Gasteiger partial charge in [0.1, 0.15) is 0 Å². The number of fused-ring (bicyclic) bond motifs is 1. The van der Waals surface area contributed by atoms with Crippen LogP contribution in [0.2, 0.25) is 5.02 Å². The van der Waals surface area contributed by atoms with Crippen LogP contribution in [-0.4, -0.2) is 19.6 Å². The Morgan fingerprint density at radius 1 is 0.880 bits per heavy atom. The zero-order valence-electron chi connectivity index (χ0n) is 13.8. The number of aromatic nitrogens is 4. The maximum atomic E-state index is 13.0. The molecule has 0 unspecified atom stereocenters. The van der Waals surface area contributed by atoms with Gasteiger partial charge in [-0.05, 0) is 38.1 Å². The number of halogens is 1. The second-order valence-corrected chi connectivity index (χ2v) is 6.22. The molecule has 2 aromatic heterocycles. The van der Waals surface area contributed by atoms with Gasteiger partial charge in [-0.3, -0.25) is 4.79 Å². The van der Waals surface area contributed by atoms with Gasteiger partial charge in [0, 0.05) is 0 Å². The van der Waals surface area contributed by atoms with Crippen molar-refractivity contribution in [3.63, 3.8) is 0 Å². The zero-order valence-corrected chi connectivity index (χ0v) is 14.5. The van der Waals surface area contributed by atoms with Gasteiger partial charge < -0.3 is 0 Å². The molecule has 0 atom stereocenters. The van der Waals surface area contributed by atoms with Crippen molar-refractivity contribution in [1.29, 1.82) is 0 Å². The van der Waals surface area contributed by atoms with E-state index in [1.807, 2.05) is 62.4 Å². The van der Waals surface area contributed by atoms with E-state index in [1.54, 1.807) is 10.7 Å². The standard InChI is InChI=1S/C19H15ClN4O/c1-12-17-13(2)23(16-11-7-6-10-15(16)20)22-18(17)19(25)24(21-12)14-8-4-3-5-9-14/h3-11H,1-2H3. The molecule has 0 amide bonds. The van der Waals surface area contributed by atoms with Crippen molar-refractivity contribution < 1.29 is 0 Å². The van der Waals surface area contributed by atoms with Crippen molar-refractivity contribution >= 4 is 22.5 Å². The first-order valence-corrected chi connectivity index (χ1v) is 8.25. The van der Waals surface area contributed by atoms with Gasteiger partial charge in [-0.2, -0.15) is 14.9 Å². The first-order chi connectivity index (χ1) is 12.1. The van der Waals surface area contributed by atoms with Crippen LogP contribution in [-0.2, 0) is 0 Å². The number of benzene rings is 2. The molecule has 0 radical (unpaired) electrons. The average Bonchev–Trinajstić information content (AvgIpc) is 2.97. The number of hydrogen-bond acceptors (Lipinski definition) is 3. The molecular weight excluding hydrogens is 336 g/mol. The van der Waals surface area contributed by atoms with E-state index in [4.69, 9.17) is 11.6 Å². The number of nitrogens with zero attached hydrogens (tertiary/aromatic N) is 4. The summed E-state index contributed by atoms with van der Waals surface area (Å²) in [6, 6.07) is 16.8. The third-order valence-electron chi connectivity index (χ3n) is 4.20. The Kier molecular flexibility index (Phi) is 3.66. The number of hydrogen-bond donors (Lipinski definition) is 0. The highest BCUT2D eigenvalue weighted by molar-refractivity contribution is 6.32. The molecule has 0 aliphatic carbocycles. The van der Waals surface area contributed by atoms with Crippen LogP contribution in [0.4, 0.5) is 0 Å². The van der Waals surface area contributed by atoms with Gasteiger partial charge >= 0.3 is 0 Å². The first kappa shape index (κ1) is 15.6. The number of aryl methyl sites for hydroxylation is 2. The quantitative estimate of drug-likeness (QED) is 0.552. The molecule has 2 aromatic carbocycles. The van der Waals surface area contributed by atoms with Crippen molar-refractivity contribution in [1.82, 2.24) is 19.6 Å². The Bertz CT molecular complexity index is 1150. The van der Waals surface area contributed by atoms with E-state index >= 15 is 0 Å². The van der Waals surface area contributed by atoms with Gasteiger partial charge in [-0.15, -0.1) is 0 Å². The molecule has 6 heteroatoms. The predicted octanol–water partition coefficient (Wildman–Crippen LogP) is 3.84. The molecule has 4 aromatic rings. The van der Waals surface area contributed by atoms with E-state index in [0.717, 1.165) is 22.5 Å². The zero-order chi connectivity index (χ0) is 17.6. The van der Waals surface area contributed by atoms with Gasteiger partial charge in [-0.1, -0.05) is 41.9 Å². The van der Waals surface area contributed by atoms with Gasteiger partial charge in [0.05, 0.1) is 33.2 Å². The molecule has 0 N–H and O–H groups in total. The lowest BCUT2D eigenvalue weighted by Crippen LogP contribution is -2.22. The third-order valence-corrected chi connectivity index (χ3v) is 4.52.